The second-order valence-corrected chi connectivity index (χ2v) is 5.95. The van der Waals surface area contributed by atoms with Gasteiger partial charge in [0.1, 0.15) is 0 Å². The number of nitrogens with one attached hydrogen (secondary N) is 1. The van der Waals surface area contributed by atoms with Crippen molar-refractivity contribution in [3.8, 4) is 0 Å². The number of benzene rings is 2. The van der Waals surface area contributed by atoms with Gasteiger partial charge in [-0.05, 0) is 48.5 Å². The molecule has 0 saturated carbocycles. The Balaban J connectivity index is 0.000000293. The van der Waals surface area contributed by atoms with E-state index < -0.39 is 5.97 Å². The Morgan fingerprint density at radius 2 is 1.44 bits per heavy atom. The smallest absolute Gasteiger partial charge is 0.303 e. The summed E-state index contributed by atoms with van der Waals surface area (Å²) in [7, 11) is 3.48. The number of hydrogen-bond donors (Lipinski definition) is 2. The summed E-state index contributed by atoms with van der Waals surface area (Å²) in [6.45, 7) is 0. The molecule has 2 aromatic carbocycles. The van der Waals surface area contributed by atoms with Crippen molar-refractivity contribution < 1.29 is 14.7 Å². The van der Waals surface area contributed by atoms with Crippen LogP contribution < -0.4 is 10.2 Å². The molecule has 5 nitrogen and oxygen atoms in total. The van der Waals surface area contributed by atoms with Crippen LogP contribution in [0.15, 0.2) is 48.5 Å². The average Bonchev–Trinajstić information content (AvgIpc) is 2.61. The van der Waals surface area contributed by atoms with Gasteiger partial charge in [-0.25, -0.2) is 0 Å². The van der Waals surface area contributed by atoms with E-state index in [2.05, 4.69) is 5.32 Å². The summed E-state index contributed by atoms with van der Waals surface area (Å²) in [5.74, 6) is -1.21. The minimum atomic E-state index is -0.974. The van der Waals surface area contributed by atoms with E-state index in [1.54, 1.807) is 31.3 Å². The van der Waals surface area contributed by atoms with Gasteiger partial charge in [-0.3, -0.25) is 9.59 Å². The molecule has 2 rings (SSSR count). The first-order valence-electron chi connectivity index (χ1n) is 7.50. The van der Waals surface area contributed by atoms with Gasteiger partial charge in [0.05, 0.1) is 6.42 Å². The molecule has 1 amide bonds. The molecule has 0 aliphatic heterocycles. The molecule has 0 atom stereocenters. The Hall–Kier alpha value is -2.24. The summed E-state index contributed by atoms with van der Waals surface area (Å²) >= 11 is 11.4. The Kier molecular flexibility index (Phi) is 8.81. The highest BCUT2D eigenvalue weighted by molar-refractivity contribution is 6.30. The third kappa shape index (κ3) is 7.92. The molecule has 0 heterocycles. The predicted molar refractivity (Wildman–Crippen MR) is 103 cm³/mol. The van der Waals surface area contributed by atoms with Gasteiger partial charge in [0.15, 0.2) is 0 Å². The standard InChI is InChI=1S/C11H12ClNO3.C7H8ClN/c1-13(10(14)6-7-11(15)16)9-4-2-8(12)3-5-9;1-9-7-4-2-6(8)3-5-7/h2-5H,6-7H2,1H3,(H,15,16);2-5,9H,1H3. The van der Waals surface area contributed by atoms with Crippen LogP contribution in [0.3, 0.4) is 0 Å². The van der Waals surface area contributed by atoms with Gasteiger partial charge in [0.2, 0.25) is 5.91 Å². The maximum absolute atomic E-state index is 11.6. The molecule has 0 bridgehead atoms. The number of nitrogens with zero attached hydrogens (tertiary/aromatic N) is 1. The van der Waals surface area contributed by atoms with Gasteiger partial charge in [0, 0.05) is 41.9 Å². The van der Waals surface area contributed by atoms with Crippen molar-refractivity contribution in [1.82, 2.24) is 0 Å². The lowest BCUT2D eigenvalue weighted by molar-refractivity contribution is -0.138. The molecule has 0 aromatic heterocycles. The number of hydrogen-bond acceptors (Lipinski definition) is 3. The monoisotopic (exact) mass is 382 g/mol. The van der Waals surface area contributed by atoms with Gasteiger partial charge in [0.25, 0.3) is 0 Å². The number of carbonyl (C=O) groups is 2. The second-order valence-electron chi connectivity index (χ2n) is 5.08. The number of carboxylic acids is 1. The largest absolute Gasteiger partial charge is 0.481 e. The Morgan fingerprint density at radius 1 is 0.960 bits per heavy atom. The van der Waals surface area contributed by atoms with Crippen molar-refractivity contribution in [2.45, 2.75) is 12.8 Å². The molecule has 0 unspecified atom stereocenters. The van der Waals surface area contributed by atoms with E-state index in [0.29, 0.717) is 10.7 Å². The molecule has 0 fully saturated rings. The van der Waals surface area contributed by atoms with E-state index in [0.717, 1.165) is 10.7 Å². The molecule has 2 N–H and O–H groups in total. The summed E-state index contributed by atoms with van der Waals surface area (Å²) in [5, 5.41) is 12.8. The predicted octanol–water partition coefficient (Wildman–Crippen LogP) is 4.55. The third-order valence-corrected chi connectivity index (χ3v) is 3.78. The number of anilines is 2. The number of halogens is 2. The topological polar surface area (TPSA) is 69.6 Å². The first-order valence-corrected chi connectivity index (χ1v) is 8.26. The lowest BCUT2D eigenvalue weighted by atomic mass is 10.2. The fraction of sp³-hybridized carbons (Fsp3) is 0.222. The van der Waals surface area contributed by atoms with Crippen LogP contribution in [0.4, 0.5) is 11.4 Å². The molecular weight excluding hydrogens is 363 g/mol. The summed E-state index contributed by atoms with van der Waals surface area (Å²) in [5.41, 5.74) is 1.78. The minimum absolute atomic E-state index is 0.00550. The summed E-state index contributed by atoms with van der Waals surface area (Å²) in [6, 6.07) is 14.4. The zero-order valence-electron chi connectivity index (χ0n) is 14.0. The number of aliphatic carboxylic acids is 1. The SMILES string of the molecule is CN(C(=O)CCC(=O)O)c1ccc(Cl)cc1.CNc1ccc(Cl)cc1. The quantitative estimate of drug-likeness (QED) is 0.795. The lowest BCUT2D eigenvalue weighted by Crippen LogP contribution is -2.26. The molecule has 0 saturated heterocycles. The fourth-order valence-electron chi connectivity index (χ4n) is 1.81. The van der Waals surface area contributed by atoms with Crippen molar-refractivity contribution in [3.05, 3.63) is 58.6 Å². The van der Waals surface area contributed by atoms with Gasteiger partial charge in [-0.15, -0.1) is 0 Å². The highest BCUT2D eigenvalue weighted by Gasteiger charge is 2.12. The van der Waals surface area contributed by atoms with Crippen molar-refractivity contribution in [3.63, 3.8) is 0 Å². The van der Waals surface area contributed by atoms with E-state index in [9.17, 15) is 9.59 Å². The summed E-state index contributed by atoms with van der Waals surface area (Å²) in [6.07, 6.45) is -0.161. The van der Waals surface area contributed by atoms with Crippen LogP contribution in [-0.2, 0) is 9.59 Å². The number of carbonyl (C=O) groups excluding carboxylic acids is 1. The van der Waals surface area contributed by atoms with E-state index in [1.165, 1.54) is 4.90 Å². The zero-order chi connectivity index (χ0) is 18.8. The lowest BCUT2D eigenvalue weighted by Gasteiger charge is -2.16. The number of amides is 1. The zero-order valence-corrected chi connectivity index (χ0v) is 15.5. The third-order valence-electron chi connectivity index (χ3n) is 3.27. The molecule has 25 heavy (non-hydrogen) atoms. The molecule has 0 aliphatic carbocycles. The van der Waals surface area contributed by atoms with Crippen LogP contribution in [-0.4, -0.2) is 31.1 Å². The van der Waals surface area contributed by atoms with Gasteiger partial charge >= 0.3 is 5.97 Å². The highest BCUT2D eigenvalue weighted by Crippen LogP contribution is 2.17. The summed E-state index contributed by atoms with van der Waals surface area (Å²) in [4.78, 5) is 23.3. The maximum atomic E-state index is 11.6. The molecule has 2 aromatic rings. The van der Waals surface area contributed by atoms with E-state index in [-0.39, 0.29) is 18.7 Å². The number of rotatable bonds is 5. The summed E-state index contributed by atoms with van der Waals surface area (Å²) < 4.78 is 0. The molecule has 0 radical (unpaired) electrons. The molecule has 7 heteroatoms. The van der Waals surface area contributed by atoms with Gasteiger partial charge < -0.3 is 15.3 Å². The first kappa shape index (κ1) is 20.8. The van der Waals surface area contributed by atoms with Crippen LogP contribution >= 0.6 is 23.2 Å². The number of carboxylic acid groups (broad SMARTS) is 1. The normalized spacial score (nSPS) is 9.60. The minimum Gasteiger partial charge on any atom is -0.481 e. The van der Waals surface area contributed by atoms with Gasteiger partial charge in [-0.1, -0.05) is 23.2 Å². The van der Waals surface area contributed by atoms with Crippen molar-refractivity contribution in [1.29, 1.82) is 0 Å². The van der Waals surface area contributed by atoms with Crippen LogP contribution in [0.2, 0.25) is 10.0 Å². The van der Waals surface area contributed by atoms with Crippen LogP contribution in [0.1, 0.15) is 12.8 Å². The molecule has 0 aliphatic rings. The first-order chi connectivity index (χ1) is 11.8. The van der Waals surface area contributed by atoms with Crippen LogP contribution in [0, 0.1) is 0 Å². The highest BCUT2D eigenvalue weighted by atomic mass is 35.5. The van der Waals surface area contributed by atoms with Crippen molar-refractivity contribution >= 4 is 46.5 Å². The Bertz CT molecular complexity index is 688. The Morgan fingerprint density at radius 3 is 1.88 bits per heavy atom. The molecule has 0 spiro atoms. The van der Waals surface area contributed by atoms with Crippen molar-refractivity contribution in [2.75, 3.05) is 24.3 Å². The molecule has 134 valence electrons. The van der Waals surface area contributed by atoms with Crippen LogP contribution in [0.25, 0.3) is 0 Å². The maximum Gasteiger partial charge on any atom is 0.303 e. The average molecular weight is 383 g/mol. The van der Waals surface area contributed by atoms with E-state index in [1.807, 2.05) is 31.3 Å². The van der Waals surface area contributed by atoms with Gasteiger partial charge in [-0.2, -0.15) is 0 Å². The van der Waals surface area contributed by atoms with Crippen molar-refractivity contribution in [2.24, 2.45) is 0 Å². The fourth-order valence-corrected chi connectivity index (χ4v) is 2.06. The van der Waals surface area contributed by atoms with E-state index >= 15 is 0 Å². The second kappa shape index (κ2) is 10.6. The Labute approximate surface area is 157 Å². The van der Waals surface area contributed by atoms with Crippen LogP contribution in [0.5, 0.6) is 0 Å². The molecular formula is C18H20Cl2N2O3. The van der Waals surface area contributed by atoms with E-state index in [4.69, 9.17) is 28.3 Å².